The zero-order chi connectivity index (χ0) is 36.5. The number of amides is 1. The molecular weight excluding hydrogens is 661 g/mol. The summed E-state index contributed by atoms with van der Waals surface area (Å²) in [6.45, 7) is 0.897. The molecule has 1 atom stereocenters. The van der Waals surface area contributed by atoms with Crippen LogP contribution in [-0.4, -0.2) is 17.9 Å². The fourth-order valence-corrected chi connectivity index (χ4v) is 6.52. The van der Waals surface area contributed by atoms with E-state index < -0.39 is 5.54 Å². The van der Waals surface area contributed by atoms with Crippen LogP contribution in [0.15, 0.2) is 158 Å². The highest BCUT2D eigenvalue weighted by Gasteiger charge is 2.47. The van der Waals surface area contributed by atoms with Gasteiger partial charge in [-0.05, 0) is 64.2 Å². The molecule has 0 bridgehead atoms. The van der Waals surface area contributed by atoms with E-state index in [2.05, 4.69) is 6.07 Å². The Hall–Kier alpha value is -6.78. The maximum absolute atomic E-state index is 14.4. The molecule has 0 saturated heterocycles. The molecule has 1 unspecified atom stereocenters. The lowest BCUT2D eigenvalue weighted by atomic mass is 9.78. The third-order valence-electron chi connectivity index (χ3n) is 9.19. The van der Waals surface area contributed by atoms with Crippen LogP contribution in [0.5, 0.6) is 23.0 Å². The van der Waals surface area contributed by atoms with Crippen molar-refractivity contribution in [3.63, 3.8) is 0 Å². The van der Waals surface area contributed by atoms with Gasteiger partial charge >= 0.3 is 0 Å². The van der Waals surface area contributed by atoms with Gasteiger partial charge in [0.05, 0.1) is 13.2 Å². The molecule has 1 heterocycles. The Bertz CT molecular complexity index is 2240. The first-order valence-electron chi connectivity index (χ1n) is 17.4. The van der Waals surface area contributed by atoms with E-state index in [9.17, 15) is 10.1 Å². The van der Waals surface area contributed by atoms with Gasteiger partial charge in [-0.15, -0.1) is 0 Å². The Kier molecular flexibility index (Phi) is 10.5. The number of hydrogen-bond acceptors (Lipinski definition) is 6. The fraction of sp³-hybridized carbons (Fsp3) is 0.130. The standard InChI is InChI=1S/C46H38N2O5/c1-50-41-25-23-38-26-27-48(45(49)39-20-12-5-13-21-39)46(33-47,43(38)44(41)53-32-36-18-10-4-11-19-36)29-37-22-24-40(51-30-34-14-6-2-7-15-34)42(28-37)52-31-35-16-8-3-9-17-35/h2-28H,29-32H2,1H3. The number of hydrogen-bond donors (Lipinski definition) is 0. The van der Waals surface area contributed by atoms with Gasteiger partial charge < -0.3 is 18.9 Å². The number of fused-ring (bicyclic) bond motifs is 1. The van der Waals surface area contributed by atoms with E-state index in [-0.39, 0.29) is 18.9 Å². The first kappa shape index (κ1) is 34.7. The van der Waals surface area contributed by atoms with Gasteiger partial charge in [-0.25, -0.2) is 0 Å². The summed E-state index contributed by atoms with van der Waals surface area (Å²) < 4.78 is 25.1. The van der Waals surface area contributed by atoms with E-state index in [0.717, 1.165) is 27.8 Å². The second kappa shape index (κ2) is 16.1. The average Bonchev–Trinajstić information content (AvgIpc) is 3.22. The maximum atomic E-state index is 14.4. The van der Waals surface area contributed by atoms with E-state index in [0.29, 0.717) is 47.3 Å². The number of carbonyl (C=O) groups is 1. The highest BCUT2D eigenvalue weighted by atomic mass is 16.5. The van der Waals surface area contributed by atoms with Crippen LogP contribution in [0.3, 0.4) is 0 Å². The third-order valence-corrected chi connectivity index (χ3v) is 9.19. The number of nitriles is 1. The predicted molar refractivity (Wildman–Crippen MR) is 204 cm³/mol. The van der Waals surface area contributed by atoms with Crippen LogP contribution in [0.25, 0.3) is 6.08 Å². The van der Waals surface area contributed by atoms with Gasteiger partial charge in [-0.3, -0.25) is 9.69 Å². The van der Waals surface area contributed by atoms with Crippen molar-refractivity contribution >= 4 is 12.0 Å². The van der Waals surface area contributed by atoms with Crippen molar-refractivity contribution < 1.29 is 23.7 Å². The molecule has 0 fully saturated rings. The second-order valence-corrected chi connectivity index (χ2v) is 12.7. The Morgan fingerprint density at radius 3 is 1.72 bits per heavy atom. The van der Waals surface area contributed by atoms with Gasteiger partial charge in [-0.1, -0.05) is 121 Å². The summed E-state index contributed by atoms with van der Waals surface area (Å²) in [6, 6.07) is 50.6. The number of benzene rings is 6. The molecule has 0 aliphatic carbocycles. The summed E-state index contributed by atoms with van der Waals surface area (Å²) in [5.74, 6) is 1.62. The van der Waals surface area contributed by atoms with E-state index in [1.54, 1.807) is 25.4 Å². The number of ether oxygens (including phenoxy) is 4. The van der Waals surface area contributed by atoms with Crippen LogP contribution in [0, 0.1) is 11.3 Å². The molecule has 1 aliphatic rings. The van der Waals surface area contributed by atoms with Crippen molar-refractivity contribution in [3.8, 4) is 29.1 Å². The number of carbonyl (C=O) groups excluding carboxylic acids is 1. The van der Waals surface area contributed by atoms with Gasteiger partial charge in [0.1, 0.15) is 19.8 Å². The lowest BCUT2D eigenvalue weighted by Crippen LogP contribution is -2.49. The molecule has 1 amide bonds. The van der Waals surface area contributed by atoms with Crippen molar-refractivity contribution in [2.75, 3.05) is 7.11 Å². The highest BCUT2D eigenvalue weighted by molar-refractivity contribution is 5.97. The van der Waals surface area contributed by atoms with Crippen LogP contribution in [0.1, 0.15) is 43.7 Å². The van der Waals surface area contributed by atoms with E-state index in [1.807, 2.05) is 146 Å². The molecule has 7 nitrogen and oxygen atoms in total. The van der Waals surface area contributed by atoms with Gasteiger partial charge in [0.2, 0.25) is 0 Å². The zero-order valence-electron chi connectivity index (χ0n) is 29.4. The van der Waals surface area contributed by atoms with E-state index in [4.69, 9.17) is 18.9 Å². The molecule has 6 aromatic rings. The predicted octanol–water partition coefficient (Wildman–Crippen LogP) is 9.52. The minimum Gasteiger partial charge on any atom is -0.493 e. The quantitative estimate of drug-likeness (QED) is 0.120. The summed E-state index contributed by atoms with van der Waals surface area (Å²) in [6.07, 6.45) is 3.64. The molecule has 0 aromatic heterocycles. The number of rotatable bonds is 13. The molecule has 0 spiro atoms. The van der Waals surface area contributed by atoms with Crippen molar-refractivity contribution in [1.29, 1.82) is 5.26 Å². The maximum Gasteiger partial charge on any atom is 0.259 e. The largest absolute Gasteiger partial charge is 0.493 e. The lowest BCUT2D eigenvalue weighted by Gasteiger charge is -2.41. The monoisotopic (exact) mass is 698 g/mol. The molecule has 0 N–H and O–H groups in total. The van der Waals surface area contributed by atoms with Gasteiger partial charge in [-0.2, -0.15) is 5.26 Å². The highest BCUT2D eigenvalue weighted by Crippen LogP contribution is 2.48. The summed E-state index contributed by atoms with van der Waals surface area (Å²) in [5, 5.41) is 11.4. The van der Waals surface area contributed by atoms with Gasteiger partial charge in [0.15, 0.2) is 28.5 Å². The Morgan fingerprint density at radius 2 is 1.15 bits per heavy atom. The minimum atomic E-state index is -1.55. The molecule has 0 saturated carbocycles. The van der Waals surface area contributed by atoms with Crippen molar-refractivity contribution in [2.45, 2.75) is 31.8 Å². The van der Waals surface area contributed by atoms with Gasteiger partial charge in [0, 0.05) is 23.7 Å². The van der Waals surface area contributed by atoms with Crippen LogP contribution in [0.2, 0.25) is 0 Å². The molecule has 53 heavy (non-hydrogen) atoms. The molecule has 6 aromatic carbocycles. The lowest BCUT2D eigenvalue weighted by molar-refractivity contribution is 0.0691. The molecular formula is C46H38N2O5. The second-order valence-electron chi connectivity index (χ2n) is 12.7. The Morgan fingerprint density at radius 1 is 0.623 bits per heavy atom. The van der Waals surface area contributed by atoms with Crippen LogP contribution in [0.4, 0.5) is 0 Å². The third kappa shape index (κ3) is 7.63. The van der Waals surface area contributed by atoms with Crippen molar-refractivity contribution in [1.82, 2.24) is 4.90 Å². The van der Waals surface area contributed by atoms with Crippen LogP contribution in [-0.2, 0) is 31.8 Å². The molecule has 262 valence electrons. The van der Waals surface area contributed by atoms with Crippen molar-refractivity contribution in [3.05, 3.63) is 197 Å². The summed E-state index contributed by atoms with van der Waals surface area (Å²) in [7, 11) is 1.57. The molecule has 0 radical (unpaired) electrons. The van der Waals surface area contributed by atoms with E-state index >= 15 is 0 Å². The van der Waals surface area contributed by atoms with Crippen molar-refractivity contribution in [2.24, 2.45) is 0 Å². The summed E-state index contributed by atoms with van der Waals surface area (Å²) in [5.41, 5.74) is 3.90. The average molecular weight is 699 g/mol. The normalized spacial score (nSPS) is 14.5. The minimum absolute atomic E-state index is 0.106. The Balaban J connectivity index is 1.33. The molecule has 7 heteroatoms. The first-order chi connectivity index (χ1) is 26.1. The first-order valence-corrected chi connectivity index (χ1v) is 17.4. The Labute approximate surface area is 309 Å². The topological polar surface area (TPSA) is 81.0 Å². The smallest absolute Gasteiger partial charge is 0.259 e. The zero-order valence-corrected chi connectivity index (χ0v) is 29.4. The fourth-order valence-electron chi connectivity index (χ4n) is 6.52. The van der Waals surface area contributed by atoms with Gasteiger partial charge in [0.25, 0.3) is 5.91 Å². The summed E-state index contributed by atoms with van der Waals surface area (Å²) in [4.78, 5) is 15.9. The number of methoxy groups -OCH3 is 1. The number of nitrogens with zero attached hydrogens (tertiary/aromatic N) is 2. The summed E-state index contributed by atoms with van der Waals surface area (Å²) >= 11 is 0. The molecule has 7 rings (SSSR count). The SMILES string of the molecule is COc1ccc2c(c1OCc1ccccc1)C(C#N)(Cc1ccc(OCc3ccccc3)c(OCc3ccccc3)c1)N(C(=O)c1ccccc1)C=C2. The van der Waals surface area contributed by atoms with E-state index in [1.165, 1.54) is 4.90 Å². The van der Waals surface area contributed by atoms with Crippen LogP contribution >= 0.6 is 0 Å². The van der Waals surface area contributed by atoms with Crippen LogP contribution < -0.4 is 18.9 Å². The molecule has 1 aliphatic heterocycles.